The third-order valence-electron chi connectivity index (χ3n) is 2.81. The van der Waals surface area contributed by atoms with Crippen LogP contribution in [0.5, 0.6) is 0 Å². The fraction of sp³-hybridized carbons (Fsp3) is 0.286. The van der Waals surface area contributed by atoms with Gasteiger partial charge in [-0.05, 0) is 18.6 Å². The van der Waals surface area contributed by atoms with Crippen molar-refractivity contribution in [3.05, 3.63) is 42.5 Å². The Bertz CT molecular complexity index is 450. The molecule has 0 radical (unpaired) electrons. The molecule has 94 valence electrons. The van der Waals surface area contributed by atoms with Crippen molar-refractivity contribution in [2.24, 2.45) is 0 Å². The van der Waals surface area contributed by atoms with Crippen LogP contribution in [0.3, 0.4) is 0 Å². The Morgan fingerprint density at radius 2 is 1.67 bits per heavy atom. The second kappa shape index (κ2) is 5.49. The number of amides is 2. The van der Waals surface area contributed by atoms with Crippen LogP contribution in [-0.4, -0.2) is 23.4 Å². The predicted molar refractivity (Wildman–Crippen MR) is 69.7 cm³/mol. The molecule has 1 aromatic rings. The summed E-state index contributed by atoms with van der Waals surface area (Å²) < 4.78 is 0. The first-order valence-electron chi connectivity index (χ1n) is 6.12. The molecule has 18 heavy (non-hydrogen) atoms. The first-order chi connectivity index (χ1) is 8.74. The molecule has 0 atom stereocenters. The molecular formula is C14H16N2O2. The molecule has 0 aromatic heterocycles. The molecule has 4 heteroatoms. The summed E-state index contributed by atoms with van der Waals surface area (Å²) in [7, 11) is 0. The summed E-state index contributed by atoms with van der Waals surface area (Å²) in [5.74, 6) is -0.556. The maximum Gasteiger partial charge on any atom is 0.272 e. The van der Waals surface area contributed by atoms with Gasteiger partial charge < -0.3 is 0 Å². The highest BCUT2D eigenvalue weighted by molar-refractivity contribution is 6.13. The normalized spacial score (nSPS) is 14.4. The number of para-hydroxylation sites is 1. The summed E-state index contributed by atoms with van der Waals surface area (Å²) in [4.78, 5) is 23.5. The Morgan fingerprint density at radius 3 is 2.22 bits per heavy atom. The van der Waals surface area contributed by atoms with Crippen LogP contribution in [-0.2, 0) is 9.59 Å². The minimum atomic E-state index is -0.278. The highest BCUT2D eigenvalue weighted by Crippen LogP contribution is 2.19. The summed E-state index contributed by atoms with van der Waals surface area (Å²) in [5, 5.41) is 2.94. The van der Waals surface area contributed by atoms with Crippen LogP contribution in [0.1, 0.15) is 19.8 Å². The van der Waals surface area contributed by atoms with Crippen molar-refractivity contribution < 1.29 is 9.59 Å². The van der Waals surface area contributed by atoms with Gasteiger partial charge in [-0.3, -0.25) is 14.6 Å². The van der Waals surface area contributed by atoms with Gasteiger partial charge in [0.2, 0.25) is 0 Å². The van der Waals surface area contributed by atoms with Crippen molar-refractivity contribution in [1.82, 2.24) is 5.01 Å². The number of nitrogens with zero attached hydrogens (tertiary/aromatic N) is 2. The van der Waals surface area contributed by atoms with E-state index in [1.165, 1.54) is 17.2 Å². The average molecular weight is 244 g/mol. The number of unbranched alkanes of at least 4 members (excludes halogenated alkanes) is 1. The van der Waals surface area contributed by atoms with Gasteiger partial charge in [-0.25, -0.2) is 0 Å². The van der Waals surface area contributed by atoms with Gasteiger partial charge in [0.15, 0.2) is 0 Å². The molecule has 0 saturated heterocycles. The molecule has 2 amide bonds. The van der Waals surface area contributed by atoms with Crippen molar-refractivity contribution >= 4 is 17.5 Å². The van der Waals surface area contributed by atoms with Crippen molar-refractivity contribution in [3.63, 3.8) is 0 Å². The molecule has 0 unspecified atom stereocenters. The van der Waals surface area contributed by atoms with Crippen LogP contribution >= 0.6 is 0 Å². The van der Waals surface area contributed by atoms with E-state index < -0.39 is 0 Å². The Balaban J connectivity index is 2.26. The molecule has 0 saturated carbocycles. The first-order valence-corrected chi connectivity index (χ1v) is 6.12. The predicted octanol–water partition coefficient (Wildman–Crippen LogP) is 2.13. The zero-order valence-electron chi connectivity index (χ0n) is 10.4. The zero-order chi connectivity index (χ0) is 13.0. The molecule has 1 aromatic carbocycles. The molecule has 2 rings (SSSR count). The fourth-order valence-corrected chi connectivity index (χ4v) is 1.88. The summed E-state index contributed by atoms with van der Waals surface area (Å²) in [6, 6.07) is 9.50. The standard InChI is InChI=1S/C14H16N2O2/c1-2-3-11-15(12-7-5-4-6-8-12)16-13(17)9-10-14(16)18/h4-10H,2-3,11H2,1H3. The Kier molecular flexibility index (Phi) is 3.77. The van der Waals surface area contributed by atoms with Crippen molar-refractivity contribution in [2.75, 3.05) is 11.6 Å². The topological polar surface area (TPSA) is 40.6 Å². The third kappa shape index (κ3) is 2.42. The summed E-state index contributed by atoms with van der Waals surface area (Å²) in [6.45, 7) is 2.73. The molecule has 1 aliphatic rings. The number of benzene rings is 1. The number of imide groups is 1. The van der Waals surface area contributed by atoms with E-state index in [9.17, 15) is 9.59 Å². The van der Waals surface area contributed by atoms with Gasteiger partial charge in [0, 0.05) is 18.7 Å². The van der Waals surface area contributed by atoms with E-state index in [0.29, 0.717) is 6.54 Å². The van der Waals surface area contributed by atoms with Gasteiger partial charge >= 0.3 is 0 Å². The number of anilines is 1. The number of hydrazine groups is 1. The molecule has 0 aliphatic carbocycles. The van der Waals surface area contributed by atoms with Gasteiger partial charge in [0.25, 0.3) is 11.8 Å². The average Bonchev–Trinajstić information content (AvgIpc) is 2.72. The maximum absolute atomic E-state index is 11.7. The summed E-state index contributed by atoms with van der Waals surface area (Å²) >= 11 is 0. The summed E-state index contributed by atoms with van der Waals surface area (Å²) in [6.07, 6.45) is 4.55. The van der Waals surface area contributed by atoms with Gasteiger partial charge in [-0.1, -0.05) is 31.5 Å². The van der Waals surface area contributed by atoms with Crippen LogP contribution in [0, 0.1) is 0 Å². The van der Waals surface area contributed by atoms with Crippen LogP contribution in [0.4, 0.5) is 5.69 Å². The molecule has 0 bridgehead atoms. The van der Waals surface area contributed by atoms with Crippen molar-refractivity contribution in [1.29, 1.82) is 0 Å². The number of hydrogen-bond acceptors (Lipinski definition) is 3. The first kappa shape index (κ1) is 12.4. The fourth-order valence-electron chi connectivity index (χ4n) is 1.88. The third-order valence-corrected chi connectivity index (χ3v) is 2.81. The van der Waals surface area contributed by atoms with Gasteiger partial charge in [0.05, 0.1) is 5.69 Å². The lowest BCUT2D eigenvalue weighted by atomic mass is 10.3. The highest BCUT2D eigenvalue weighted by atomic mass is 16.2. The summed E-state index contributed by atoms with van der Waals surface area (Å²) in [5.41, 5.74) is 0.858. The molecule has 0 N–H and O–H groups in total. The van der Waals surface area contributed by atoms with E-state index in [-0.39, 0.29) is 11.8 Å². The van der Waals surface area contributed by atoms with Crippen molar-refractivity contribution in [2.45, 2.75) is 19.8 Å². The van der Waals surface area contributed by atoms with Crippen LogP contribution < -0.4 is 5.01 Å². The SMILES string of the molecule is CCCCN(c1ccccc1)N1C(=O)C=CC1=O. The lowest BCUT2D eigenvalue weighted by molar-refractivity contribution is -0.137. The molecule has 0 fully saturated rings. The molecule has 1 aliphatic heterocycles. The van der Waals surface area contributed by atoms with Gasteiger partial charge in [0.1, 0.15) is 0 Å². The second-order valence-electron chi connectivity index (χ2n) is 4.13. The minimum absolute atomic E-state index is 0.278. The van der Waals surface area contributed by atoms with E-state index in [1.807, 2.05) is 30.3 Å². The lowest BCUT2D eigenvalue weighted by Gasteiger charge is -2.31. The van der Waals surface area contributed by atoms with E-state index in [4.69, 9.17) is 0 Å². The lowest BCUT2D eigenvalue weighted by Crippen LogP contribution is -2.47. The largest absolute Gasteiger partial charge is 0.275 e. The Labute approximate surface area is 106 Å². The minimum Gasteiger partial charge on any atom is -0.275 e. The van der Waals surface area contributed by atoms with Crippen LogP contribution in [0.15, 0.2) is 42.5 Å². The quantitative estimate of drug-likeness (QED) is 0.745. The van der Waals surface area contributed by atoms with E-state index in [2.05, 4.69) is 6.92 Å². The molecule has 1 heterocycles. The second-order valence-corrected chi connectivity index (χ2v) is 4.13. The van der Waals surface area contributed by atoms with Gasteiger partial charge in [-0.2, -0.15) is 5.01 Å². The smallest absolute Gasteiger partial charge is 0.272 e. The molecule has 4 nitrogen and oxygen atoms in total. The van der Waals surface area contributed by atoms with Gasteiger partial charge in [-0.15, -0.1) is 0 Å². The molecular weight excluding hydrogens is 228 g/mol. The number of rotatable bonds is 5. The zero-order valence-corrected chi connectivity index (χ0v) is 10.4. The highest BCUT2D eigenvalue weighted by Gasteiger charge is 2.29. The van der Waals surface area contributed by atoms with E-state index >= 15 is 0 Å². The number of hydrogen-bond donors (Lipinski definition) is 0. The van der Waals surface area contributed by atoms with E-state index in [0.717, 1.165) is 18.5 Å². The van der Waals surface area contributed by atoms with Crippen LogP contribution in [0.25, 0.3) is 0 Å². The van der Waals surface area contributed by atoms with Crippen molar-refractivity contribution in [3.8, 4) is 0 Å². The Hall–Kier alpha value is -2.10. The number of carbonyl (C=O) groups excluding carboxylic acids is 2. The maximum atomic E-state index is 11.7. The molecule has 0 spiro atoms. The Morgan fingerprint density at radius 1 is 1.06 bits per heavy atom. The van der Waals surface area contributed by atoms with E-state index in [1.54, 1.807) is 5.01 Å². The monoisotopic (exact) mass is 244 g/mol. The van der Waals surface area contributed by atoms with Crippen LogP contribution in [0.2, 0.25) is 0 Å². The number of carbonyl (C=O) groups is 2.